The number of rotatable bonds is 5. The van der Waals surface area contributed by atoms with Gasteiger partial charge in [-0.05, 0) is 67.8 Å². The van der Waals surface area contributed by atoms with E-state index in [0.717, 1.165) is 53.7 Å². The highest BCUT2D eigenvalue weighted by Crippen LogP contribution is 2.49. The zero-order valence-electron chi connectivity index (χ0n) is 18.8. The number of benzene rings is 1. The Hall–Kier alpha value is -3.29. The lowest BCUT2D eigenvalue weighted by atomic mass is 9.90. The molecule has 0 aliphatic heterocycles. The summed E-state index contributed by atoms with van der Waals surface area (Å²) in [5, 5.41) is 4.48. The summed E-state index contributed by atoms with van der Waals surface area (Å²) in [4.78, 5) is 30.8. The molecule has 1 fully saturated rings. The molecule has 2 aliphatic rings. The van der Waals surface area contributed by atoms with Crippen molar-refractivity contribution < 1.29 is 14.3 Å². The lowest BCUT2D eigenvalue weighted by molar-refractivity contribution is 0.0598. The molecule has 1 atom stereocenters. The Morgan fingerprint density at radius 3 is 2.73 bits per heavy atom. The van der Waals surface area contributed by atoms with Crippen LogP contribution in [0.25, 0.3) is 31.8 Å². The third kappa shape index (κ3) is 3.39. The molecule has 170 valence electrons. The summed E-state index contributed by atoms with van der Waals surface area (Å²) in [7, 11) is 2.89. The van der Waals surface area contributed by atoms with Gasteiger partial charge in [0.15, 0.2) is 5.75 Å². The van der Waals surface area contributed by atoms with E-state index in [-0.39, 0.29) is 23.1 Å². The van der Waals surface area contributed by atoms with Crippen molar-refractivity contribution in [2.45, 2.75) is 51.1 Å². The summed E-state index contributed by atoms with van der Waals surface area (Å²) < 4.78 is 12.8. The summed E-state index contributed by atoms with van der Waals surface area (Å²) in [6.45, 7) is 2.06. The molecule has 0 bridgehead atoms. The van der Waals surface area contributed by atoms with Gasteiger partial charge in [-0.25, -0.2) is 4.79 Å². The number of carbonyl (C=O) groups excluding carboxylic acids is 1. The van der Waals surface area contributed by atoms with Gasteiger partial charge in [0.05, 0.1) is 31.2 Å². The van der Waals surface area contributed by atoms with Crippen LogP contribution in [-0.2, 0) is 11.2 Å². The van der Waals surface area contributed by atoms with Crippen molar-refractivity contribution >= 4 is 28.2 Å². The molecule has 1 saturated carbocycles. The van der Waals surface area contributed by atoms with E-state index in [1.165, 1.54) is 12.0 Å². The van der Waals surface area contributed by atoms with E-state index in [2.05, 4.69) is 16.9 Å². The number of azide groups is 1. The summed E-state index contributed by atoms with van der Waals surface area (Å²) in [6.07, 6.45) is 6.37. The summed E-state index contributed by atoms with van der Waals surface area (Å²) in [5.41, 5.74) is 12.5. The Bertz CT molecular complexity index is 1400. The van der Waals surface area contributed by atoms with E-state index in [4.69, 9.17) is 15.0 Å². The summed E-state index contributed by atoms with van der Waals surface area (Å²) >= 11 is 1.70. The molecule has 1 unspecified atom stereocenters. The van der Waals surface area contributed by atoms with Crippen LogP contribution in [0.4, 0.5) is 0 Å². The van der Waals surface area contributed by atoms with Crippen LogP contribution in [0.15, 0.2) is 28.2 Å². The zero-order valence-corrected chi connectivity index (χ0v) is 19.6. The first-order chi connectivity index (χ1) is 16.0. The first-order valence-electron chi connectivity index (χ1n) is 11.0. The average Bonchev–Trinajstić information content (AvgIpc) is 3.61. The van der Waals surface area contributed by atoms with Gasteiger partial charge < -0.3 is 14.0 Å². The lowest BCUT2D eigenvalue weighted by Crippen LogP contribution is -2.20. The lowest BCUT2D eigenvalue weighted by Gasteiger charge is -2.19. The number of pyridine rings is 1. The van der Waals surface area contributed by atoms with Gasteiger partial charge in [-0.3, -0.25) is 4.79 Å². The summed E-state index contributed by atoms with van der Waals surface area (Å²) in [6, 6.07) is 3.74. The van der Waals surface area contributed by atoms with Gasteiger partial charge >= 0.3 is 5.97 Å². The largest absolute Gasteiger partial charge is 0.494 e. The fourth-order valence-corrected chi connectivity index (χ4v) is 6.37. The van der Waals surface area contributed by atoms with Gasteiger partial charge in [0.1, 0.15) is 5.56 Å². The van der Waals surface area contributed by atoms with Gasteiger partial charge in [-0.1, -0.05) is 5.11 Å². The maximum Gasteiger partial charge on any atom is 0.343 e. The van der Waals surface area contributed by atoms with Crippen molar-refractivity contribution in [3.8, 4) is 16.2 Å². The van der Waals surface area contributed by atoms with Crippen LogP contribution in [-0.4, -0.2) is 24.8 Å². The van der Waals surface area contributed by atoms with Crippen LogP contribution in [0.5, 0.6) is 5.75 Å². The molecule has 1 aromatic carbocycles. The van der Waals surface area contributed by atoms with Crippen LogP contribution in [0.1, 0.15) is 64.1 Å². The van der Waals surface area contributed by atoms with Crippen molar-refractivity contribution in [2.75, 3.05) is 14.2 Å². The number of thiophene rings is 1. The second-order valence-corrected chi connectivity index (χ2v) is 9.66. The SMILES string of the molecule is COC(=O)c1cn(C2CC2)c2c(OC)c(-c3sc4c(c3C)C(N=[N+]=[N-])CCC4)ccc2c1=O. The molecule has 2 aliphatic carbocycles. The van der Waals surface area contributed by atoms with E-state index in [0.29, 0.717) is 16.7 Å². The van der Waals surface area contributed by atoms with Gasteiger partial charge in [0.2, 0.25) is 5.43 Å². The third-order valence-corrected chi connectivity index (χ3v) is 8.02. The number of aromatic nitrogens is 1. The second-order valence-electron chi connectivity index (χ2n) is 8.55. The molecular formula is C24H24N4O4S. The van der Waals surface area contributed by atoms with Gasteiger partial charge in [0, 0.05) is 32.5 Å². The fourth-order valence-electron chi connectivity index (χ4n) is 4.94. The number of hydrogen-bond acceptors (Lipinski definition) is 6. The van der Waals surface area contributed by atoms with Crippen LogP contribution < -0.4 is 10.2 Å². The number of hydrogen-bond donors (Lipinski definition) is 0. The molecule has 33 heavy (non-hydrogen) atoms. The third-order valence-electron chi connectivity index (χ3n) is 6.62. The topological polar surface area (TPSA) is 106 Å². The molecule has 0 radical (unpaired) electrons. The Morgan fingerprint density at radius 2 is 2.06 bits per heavy atom. The molecule has 2 heterocycles. The Balaban J connectivity index is 1.78. The molecule has 0 saturated heterocycles. The average molecular weight is 465 g/mol. The molecular weight excluding hydrogens is 440 g/mol. The van der Waals surface area contributed by atoms with Gasteiger partial charge in [0.25, 0.3) is 0 Å². The number of ether oxygens (including phenoxy) is 2. The predicted octanol–water partition coefficient (Wildman–Crippen LogP) is 5.86. The number of aryl methyl sites for hydroxylation is 1. The minimum atomic E-state index is -0.634. The second kappa shape index (κ2) is 8.24. The molecule has 8 nitrogen and oxygen atoms in total. The Morgan fingerprint density at radius 1 is 1.27 bits per heavy atom. The van der Waals surface area contributed by atoms with Crippen molar-refractivity contribution in [3.05, 3.63) is 60.6 Å². The van der Waals surface area contributed by atoms with Crippen LogP contribution in [0.2, 0.25) is 0 Å². The highest BCUT2D eigenvalue weighted by Gasteiger charge is 2.31. The number of esters is 1. The van der Waals surface area contributed by atoms with E-state index in [9.17, 15) is 9.59 Å². The predicted molar refractivity (Wildman–Crippen MR) is 127 cm³/mol. The zero-order chi connectivity index (χ0) is 23.3. The first-order valence-corrected chi connectivity index (χ1v) is 11.8. The van der Waals surface area contributed by atoms with Gasteiger partial charge in [-0.2, -0.15) is 0 Å². The Kier molecular flexibility index (Phi) is 5.38. The minimum Gasteiger partial charge on any atom is -0.494 e. The van der Waals surface area contributed by atoms with Crippen LogP contribution in [0, 0.1) is 6.92 Å². The highest BCUT2D eigenvalue weighted by molar-refractivity contribution is 7.16. The minimum absolute atomic E-state index is 0.0340. The Labute approximate surface area is 194 Å². The van der Waals surface area contributed by atoms with Crippen molar-refractivity contribution in [1.82, 2.24) is 4.57 Å². The standard InChI is InChI=1S/C24H24N4O4S/c1-12-19-17(26-27-25)5-4-6-18(19)33-23(12)15-10-9-14-20(22(15)31-2)28(13-7-8-13)11-16(21(14)29)24(30)32-3/h9-11,13,17H,4-8H2,1-3H3. The molecule has 3 aromatic rings. The van der Waals surface area contributed by atoms with Crippen molar-refractivity contribution in [1.29, 1.82) is 0 Å². The fraction of sp³-hybridized carbons (Fsp3) is 0.417. The van der Waals surface area contributed by atoms with Crippen LogP contribution in [0.3, 0.4) is 0 Å². The summed E-state index contributed by atoms with van der Waals surface area (Å²) in [5.74, 6) is -0.0137. The number of methoxy groups -OCH3 is 2. The molecule has 2 aromatic heterocycles. The van der Waals surface area contributed by atoms with Crippen molar-refractivity contribution in [3.63, 3.8) is 0 Å². The number of fused-ring (bicyclic) bond motifs is 2. The van der Waals surface area contributed by atoms with Crippen molar-refractivity contribution in [2.24, 2.45) is 5.11 Å². The molecule has 0 spiro atoms. The van der Waals surface area contributed by atoms with E-state index >= 15 is 0 Å². The van der Waals surface area contributed by atoms with E-state index in [1.54, 1.807) is 30.7 Å². The van der Waals surface area contributed by atoms with Crippen LogP contribution >= 0.6 is 11.3 Å². The normalized spacial score (nSPS) is 17.4. The maximum atomic E-state index is 13.2. The quantitative estimate of drug-likeness (QED) is 0.204. The van der Waals surface area contributed by atoms with E-state index in [1.807, 2.05) is 10.6 Å². The molecule has 5 rings (SSSR count). The van der Waals surface area contributed by atoms with Gasteiger partial charge in [-0.15, -0.1) is 11.3 Å². The monoisotopic (exact) mass is 464 g/mol. The number of nitrogens with zero attached hydrogens (tertiary/aromatic N) is 4. The highest BCUT2D eigenvalue weighted by atomic mass is 32.1. The number of carbonyl (C=O) groups is 1. The molecule has 9 heteroatoms. The maximum absolute atomic E-state index is 13.2. The molecule has 0 amide bonds. The first kappa shape index (κ1) is 21.6. The van der Waals surface area contributed by atoms with E-state index < -0.39 is 5.97 Å². The smallest absolute Gasteiger partial charge is 0.343 e. The molecule has 0 N–H and O–H groups in total.